The van der Waals surface area contributed by atoms with E-state index in [4.69, 9.17) is 10.00 Å². The summed E-state index contributed by atoms with van der Waals surface area (Å²) in [5, 5.41) is 9.50. The minimum atomic E-state index is -0.874. The van der Waals surface area contributed by atoms with Crippen LogP contribution in [0.25, 0.3) is 10.1 Å². The molecule has 1 aromatic carbocycles. The number of benzene rings is 1. The molecule has 0 bridgehead atoms. The van der Waals surface area contributed by atoms with Crippen molar-refractivity contribution in [3.05, 3.63) is 35.2 Å². The molecule has 1 atom stereocenters. The number of nitriles is 1. The summed E-state index contributed by atoms with van der Waals surface area (Å²) < 4.78 is 6.23. The first-order chi connectivity index (χ1) is 10.5. The third-order valence-electron chi connectivity index (χ3n) is 3.19. The largest absolute Gasteiger partial charge is 0.448 e. The first kappa shape index (κ1) is 16.0. The number of thiophene rings is 1. The van der Waals surface area contributed by atoms with Crippen LogP contribution in [0.5, 0.6) is 0 Å². The minimum absolute atomic E-state index is 0.249. The number of esters is 1. The number of ether oxygens (including phenoxy) is 1. The van der Waals surface area contributed by atoms with Gasteiger partial charge in [0.15, 0.2) is 6.10 Å². The zero-order valence-electron chi connectivity index (χ0n) is 12.4. The number of carbonyl (C=O) groups excluding carboxylic acids is 2. The van der Waals surface area contributed by atoms with Crippen LogP contribution < -0.4 is 0 Å². The summed E-state index contributed by atoms with van der Waals surface area (Å²) in [4.78, 5) is 26.0. The molecule has 1 aromatic heterocycles. The number of nitrogens with zero attached hydrogens (tertiary/aromatic N) is 2. The second-order valence-corrected chi connectivity index (χ2v) is 5.95. The molecule has 22 heavy (non-hydrogen) atoms. The Labute approximate surface area is 132 Å². The fourth-order valence-electron chi connectivity index (χ4n) is 1.99. The predicted molar refractivity (Wildman–Crippen MR) is 84.6 cm³/mol. The van der Waals surface area contributed by atoms with Crippen LogP contribution in [0.15, 0.2) is 30.3 Å². The molecule has 0 fully saturated rings. The van der Waals surface area contributed by atoms with Gasteiger partial charge in [-0.2, -0.15) is 5.26 Å². The molecule has 6 heteroatoms. The van der Waals surface area contributed by atoms with Crippen molar-refractivity contribution in [3.8, 4) is 6.07 Å². The van der Waals surface area contributed by atoms with Gasteiger partial charge in [0.05, 0.1) is 12.5 Å². The van der Waals surface area contributed by atoms with Gasteiger partial charge in [0, 0.05) is 18.3 Å². The number of hydrogen-bond acceptors (Lipinski definition) is 5. The van der Waals surface area contributed by atoms with Gasteiger partial charge in [0.1, 0.15) is 4.88 Å². The fraction of sp³-hybridized carbons (Fsp3) is 0.312. The van der Waals surface area contributed by atoms with Gasteiger partial charge < -0.3 is 9.64 Å². The topological polar surface area (TPSA) is 70.4 Å². The van der Waals surface area contributed by atoms with Crippen LogP contribution in [0.1, 0.15) is 23.0 Å². The maximum atomic E-state index is 12.1. The van der Waals surface area contributed by atoms with Gasteiger partial charge >= 0.3 is 5.97 Å². The van der Waals surface area contributed by atoms with Gasteiger partial charge in [0.2, 0.25) is 0 Å². The highest BCUT2D eigenvalue weighted by atomic mass is 32.1. The Hall–Kier alpha value is -2.39. The van der Waals surface area contributed by atoms with Gasteiger partial charge in [-0.05, 0) is 24.4 Å². The Balaban J connectivity index is 2.01. The summed E-state index contributed by atoms with van der Waals surface area (Å²) in [5.74, 6) is -0.819. The predicted octanol–water partition coefficient (Wildman–Crippen LogP) is 2.82. The van der Waals surface area contributed by atoms with E-state index in [1.165, 1.54) is 23.2 Å². The van der Waals surface area contributed by atoms with Gasteiger partial charge in [-0.25, -0.2) is 4.79 Å². The summed E-state index contributed by atoms with van der Waals surface area (Å²) in [6.45, 7) is 1.86. The molecule has 1 amide bonds. The van der Waals surface area contributed by atoms with Crippen molar-refractivity contribution in [2.75, 3.05) is 13.6 Å². The zero-order chi connectivity index (χ0) is 16.1. The smallest absolute Gasteiger partial charge is 0.349 e. The van der Waals surface area contributed by atoms with Gasteiger partial charge in [-0.1, -0.05) is 18.2 Å². The van der Waals surface area contributed by atoms with Crippen molar-refractivity contribution < 1.29 is 14.3 Å². The van der Waals surface area contributed by atoms with Crippen molar-refractivity contribution in [1.82, 2.24) is 4.90 Å². The highest BCUT2D eigenvalue weighted by Crippen LogP contribution is 2.26. The van der Waals surface area contributed by atoms with Crippen LogP contribution in [-0.4, -0.2) is 36.5 Å². The Morgan fingerprint density at radius 3 is 2.82 bits per heavy atom. The maximum absolute atomic E-state index is 12.1. The van der Waals surface area contributed by atoms with E-state index in [9.17, 15) is 9.59 Å². The van der Waals surface area contributed by atoms with E-state index in [0.717, 1.165) is 10.1 Å². The summed E-state index contributed by atoms with van der Waals surface area (Å²) in [6, 6.07) is 11.4. The SMILES string of the molecule is C[C@H](OC(=O)c1cc2ccccc2s1)C(=O)N(C)CCC#N. The summed E-state index contributed by atoms with van der Waals surface area (Å²) in [5.41, 5.74) is 0. The standard InChI is InChI=1S/C16H16N2O3S/c1-11(15(19)18(2)9-5-8-17)21-16(20)14-10-12-6-3-4-7-13(12)22-14/h3-4,6-7,10-11H,5,9H2,1-2H3/t11-/m0/s1. The highest BCUT2D eigenvalue weighted by molar-refractivity contribution is 7.20. The molecule has 2 aromatic rings. The fourth-order valence-corrected chi connectivity index (χ4v) is 2.94. The lowest BCUT2D eigenvalue weighted by atomic mass is 10.2. The number of fused-ring (bicyclic) bond motifs is 1. The number of rotatable bonds is 5. The molecule has 1 heterocycles. The van der Waals surface area contributed by atoms with E-state index >= 15 is 0 Å². The van der Waals surface area contributed by atoms with Gasteiger partial charge in [-0.15, -0.1) is 11.3 Å². The Kier molecular flexibility index (Phi) is 5.12. The second-order valence-electron chi connectivity index (χ2n) is 4.86. The third-order valence-corrected chi connectivity index (χ3v) is 4.29. The summed E-state index contributed by atoms with van der Waals surface area (Å²) >= 11 is 1.34. The molecule has 5 nitrogen and oxygen atoms in total. The second kappa shape index (κ2) is 7.05. The van der Waals surface area contributed by atoms with Crippen molar-refractivity contribution in [2.24, 2.45) is 0 Å². The van der Waals surface area contributed by atoms with E-state index < -0.39 is 12.1 Å². The number of hydrogen-bond donors (Lipinski definition) is 0. The zero-order valence-corrected chi connectivity index (χ0v) is 13.2. The lowest BCUT2D eigenvalue weighted by molar-refractivity contribution is -0.138. The minimum Gasteiger partial charge on any atom is -0.448 e. The average molecular weight is 316 g/mol. The molecule has 0 N–H and O–H groups in total. The quantitative estimate of drug-likeness (QED) is 0.795. The molecule has 0 saturated carbocycles. The van der Waals surface area contributed by atoms with Crippen molar-refractivity contribution in [3.63, 3.8) is 0 Å². The van der Waals surface area contributed by atoms with Crippen LogP contribution in [0.4, 0.5) is 0 Å². The van der Waals surface area contributed by atoms with E-state index in [0.29, 0.717) is 11.4 Å². The van der Waals surface area contributed by atoms with Gasteiger partial charge in [0.25, 0.3) is 5.91 Å². The van der Waals surface area contributed by atoms with Crippen LogP contribution in [0.2, 0.25) is 0 Å². The first-order valence-corrected chi connectivity index (χ1v) is 7.66. The van der Waals surface area contributed by atoms with Crippen molar-refractivity contribution in [2.45, 2.75) is 19.4 Å². The molecule has 0 unspecified atom stereocenters. The number of carbonyl (C=O) groups is 2. The molecule has 0 radical (unpaired) electrons. The molecular formula is C16H16N2O3S. The normalized spacial score (nSPS) is 11.7. The number of likely N-dealkylation sites (N-methyl/N-ethyl adjacent to an activating group) is 1. The van der Waals surface area contributed by atoms with Crippen molar-refractivity contribution in [1.29, 1.82) is 5.26 Å². The lowest BCUT2D eigenvalue weighted by Crippen LogP contribution is -2.37. The Morgan fingerprint density at radius 1 is 1.41 bits per heavy atom. The molecule has 0 saturated heterocycles. The van der Waals surface area contributed by atoms with Crippen molar-refractivity contribution >= 4 is 33.3 Å². The molecule has 0 aliphatic carbocycles. The molecule has 0 aliphatic heterocycles. The monoisotopic (exact) mass is 316 g/mol. The highest BCUT2D eigenvalue weighted by Gasteiger charge is 2.22. The average Bonchev–Trinajstić information content (AvgIpc) is 2.95. The van der Waals surface area contributed by atoms with E-state index in [1.54, 1.807) is 13.1 Å². The van der Waals surface area contributed by atoms with Crippen LogP contribution in [-0.2, 0) is 9.53 Å². The molecule has 0 spiro atoms. The van der Waals surface area contributed by atoms with Gasteiger partial charge in [-0.3, -0.25) is 4.79 Å². The molecule has 2 rings (SSSR count). The molecule has 114 valence electrons. The molecular weight excluding hydrogens is 300 g/mol. The van der Waals surface area contributed by atoms with Crippen LogP contribution in [0.3, 0.4) is 0 Å². The third kappa shape index (κ3) is 3.62. The van der Waals surface area contributed by atoms with E-state index in [2.05, 4.69) is 0 Å². The summed E-state index contributed by atoms with van der Waals surface area (Å²) in [6.07, 6.45) is -0.624. The van der Waals surface area contributed by atoms with Crippen LogP contribution >= 0.6 is 11.3 Å². The Morgan fingerprint density at radius 2 is 2.14 bits per heavy atom. The number of amides is 1. The van der Waals surface area contributed by atoms with Crippen LogP contribution in [0, 0.1) is 11.3 Å². The lowest BCUT2D eigenvalue weighted by Gasteiger charge is -2.20. The van der Waals surface area contributed by atoms with E-state index in [-0.39, 0.29) is 12.3 Å². The summed E-state index contributed by atoms with van der Waals surface area (Å²) in [7, 11) is 1.59. The first-order valence-electron chi connectivity index (χ1n) is 6.84. The van der Waals surface area contributed by atoms with E-state index in [1.807, 2.05) is 30.3 Å². The maximum Gasteiger partial charge on any atom is 0.349 e. The molecule has 0 aliphatic rings. The Bertz CT molecular complexity index is 699.